The number of carbonyl (C=O) groups is 1. The Morgan fingerprint density at radius 3 is 2.10 bits per heavy atom. The van der Waals surface area contributed by atoms with Crippen molar-refractivity contribution < 1.29 is 9.90 Å². The van der Waals surface area contributed by atoms with E-state index in [0.717, 1.165) is 17.8 Å². The summed E-state index contributed by atoms with van der Waals surface area (Å²) in [7, 11) is 0. The van der Waals surface area contributed by atoms with Crippen molar-refractivity contribution in [2.75, 3.05) is 0 Å². The molecule has 0 unspecified atom stereocenters. The molecule has 0 saturated heterocycles. The number of hydrogen-bond donors (Lipinski definition) is 1. The molecule has 0 atom stereocenters. The van der Waals surface area contributed by atoms with E-state index < -0.39 is 5.97 Å². The monoisotopic (exact) mass is 278 g/mol. The first-order valence-corrected chi connectivity index (χ1v) is 8.53. The fourth-order valence-electron chi connectivity index (χ4n) is 4.06. The zero-order valence-electron chi connectivity index (χ0n) is 12.9. The van der Waals surface area contributed by atoms with Crippen LogP contribution >= 0.6 is 0 Å². The first-order valence-electron chi connectivity index (χ1n) is 8.53. The van der Waals surface area contributed by atoms with E-state index in [4.69, 9.17) is 5.11 Å². The van der Waals surface area contributed by atoms with Crippen LogP contribution in [0.3, 0.4) is 0 Å². The van der Waals surface area contributed by atoms with E-state index in [2.05, 4.69) is 19.1 Å². The standard InChI is InChI=1S/C18H30O2/c1-14-6-10-16(11-7-14)17-12-8-15(9-13-17)4-2-3-5-18(19)20/h2,4,14-17H,3,5-13H2,1H3,(H,19,20)/t14-,15-,16-,17-. The molecule has 1 N–H and O–H groups in total. The van der Waals surface area contributed by atoms with Gasteiger partial charge in [0.15, 0.2) is 0 Å². The fraction of sp³-hybridized carbons (Fsp3) is 0.833. The van der Waals surface area contributed by atoms with Crippen molar-refractivity contribution in [2.45, 2.75) is 71.1 Å². The van der Waals surface area contributed by atoms with E-state index in [9.17, 15) is 4.79 Å². The Morgan fingerprint density at radius 2 is 1.55 bits per heavy atom. The van der Waals surface area contributed by atoms with Crippen LogP contribution in [0, 0.1) is 23.7 Å². The second-order valence-corrected chi connectivity index (χ2v) is 7.06. The van der Waals surface area contributed by atoms with Gasteiger partial charge in [-0.3, -0.25) is 4.79 Å². The van der Waals surface area contributed by atoms with Crippen LogP contribution < -0.4 is 0 Å². The maximum absolute atomic E-state index is 10.5. The lowest BCUT2D eigenvalue weighted by molar-refractivity contribution is -0.136. The summed E-state index contributed by atoms with van der Waals surface area (Å²) in [5.74, 6) is 2.96. The minimum Gasteiger partial charge on any atom is -0.481 e. The average molecular weight is 278 g/mol. The number of carboxylic acid groups (broad SMARTS) is 1. The Labute approximate surface area is 123 Å². The van der Waals surface area contributed by atoms with Gasteiger partial charge in [-0.1, -0.05) is 31.9 Å². The van der Waals surface area contributed by atoms with Gasteiger partial charge in [-0.2, -0.15) is 0 Å². The highest BCUT2D eigenvalue weighted by Gasteiger charge is 2.29. The molecule has 0 aromatic heterocycles. The van der Waals surface area contributed by atoms with E-state index in [1.807, 2.05) is 0 Å². The zero-order valence-corrected chi connectivity index (χ0v) is 12.9. The van der Waals surface area contributed by atoms with Crippen LogP contribution in [0.2, 0.25) is 0 Å². The summed E-state index contributed by atoms with van der Waals surface area (Å²) < 4.78 is 0. The highest BCUT2D eigenvalue weighted by atomic mass is 16.4. The van der Waals surface area contributed by atoms with Gasteiger partial charge in [0.2, 0.25) is 0 Å². The highest BCUT2D eigenvalue weighted by molar-refractivity contribution is 5.66. The summed E-state index contributed by atoms with van der Waals surface area (Å²) in [5, 5.41) is 8.61. The van der Waals surface area contributed by atoms with Crippen LogP contribution in [0.5, 0.6) is 0 Å². The van der Waals surface area contributed by atoms with Gasteiger partial charge in [0.1, 0.15) is 0 Å². The zero-order chi connectivity index (χ0) is 14.4. The fourth-order valence-corrected chi connectivity index (χ4v) is 4.06. The van der Waals surface area contributed by atoms with E-state index in [0.29, 0.717) is 12.3 Å². The van der Waals surface area contributed by atoms with Crippen molar-refractivity contribution in [1.82, 2.24) is 0 Å². The Balaban J connectivity index is 1.66. The Hall–Kier alpha value is -0.790. The third-order valence-corrected chi connectivity index (χ3v) is 5.48. The first-order chi connectivity index (χ1) is 9.65. The van der Waals surface area contributed by atoms with Crippen LogP contribution in [0.15, 0.2) is 12.2 Å². The summed E-state index contributed by atoms with van der Waals surface area (Å²) >= 11 is 0. The van der Waals surface area contributed by atoms with Crippen LogP contribution in [0.1, 0.15) is 71.1 Å². The lowest BCUT2D eigenvalue weighted by Gasteiger charge is -2.36. The molecule has 0 bridgehead atoms. The quantitative estimate of drug-likeness (QED) is 0.715. The molecule has 2 saturated carbocycles. The summed E-state index contributed by atoms with van der Waals surface area (Å²) in [4.78, 5) is 10.5. The molecule has 0 radical (unpaired) electrons. The van der Waals surface area contributed by atoms with Gasteiger partial charge in [-0.25, -0.2) is 0 Å². The maximum atomic E-state index is 10.5. The minimum absolute atomic E-state index is 0.270. The van der Waals surface area contributed by atoms with E-state index in [-0.39, 0.29) is 6.42 Å². The number of carboxylic acids is 1. The molecule has 2 aliphatic rings. The smallest absolute Gasteiger partial charge is 0.303 e. The van der Waals surface area contributed by atoms with Crippen LogP contribution in [-0.4, -0.2) is 11.1 Å². The van der Waals surface area contributed by atoms with Gasteiger partial charge in [0, 0.05) is 6.42 Å². The molecular weight excluding hydrogens is 248 g/mol. The normalized spacial score (nSPS) is 35.2. The second-order valence-electron chi connectivity index (χ2n) is 7.06. The van der Waals surface area contributed by atoms with Crippen molar-refractivity contribution in [3.8, 4) is 0 Å². The lowest BCUT2D eigenvalue weighted by atomic mass is 9.69. The molecule has 0 aliphatic heterocycles. The molecule has 114 valence electrons. The Kier molecular flexibility index (Phi) is 6.12. The molecule has 0 spiro atoms. The molecule has 0 amide bonds. The lowest BCUT2D eigenvalue weighted by Crippen LogP contribution is -2.24. The van der Waals surface area contributed by atoms with Crippen molar-refractivity contribution in [3.05, 3.63) is 12.2 Å². The van der Waals surface area contributed by atoms with Gasteiger partial charge >= 0.3 is 5.97 Å². The van der Waals surface area contributed by atoms with Gasteiger partial charge < -0.3 is 5.11 Å². The SMILES string of the molecule is C[C@H]1CC[C@H]([C@H]2CC[C@H](C=CCCC(=O)O)CC2)CC1. The van der Waals surface area contributed by atoms with Crippen LogP contribution in [-0.2, 0) is 4.79 Å². The summed E-state index contributed by atoms with van der Waals surface area (Å²) in [6.07, 6.45) is 16.6. The van der Waals surface area contributed by atoms with Gasteiger partial charge in [-0.15, -0.1) is 0 Å². The van der Waals surface area contributed by atoms with Crippen LogP contribution in [0.4, 0.5) is 0 Å². The first kappa shape index (κ1) is 15.6. The minimum atomic E-state index is -0.690. The predicted molar refractivity (Wildman–Crippen MR) is 82.6 cm³/mol. The molecule has 0 aromatic rings. The molecule has 0 aromatic carbocycles. The summed E-state index contributed by atoms with van der Waals surface area (Å²) in [5.41, 5.74) is 0. The van der Waals surface area contributed by atoms with Gasteiger partial charge in [0.05, 0.1) is 0 Å². The topological polar surface area (TPSA) is 37.3 Å². The predicted octanol–water partition coefficient (Wildman–Crippen LogP) is 5.04. The van der Waals surface area contributed by atoms with E-state index in [1.54, 1.807) is 0 Å². The molecular formula is C18H30O2. The highest BCUT2D eigenvalue weighted by Crippen LogP contribution is 2.41. The number of rotatable bonds is 5. The van der Waals surface area contributed by atoms with Crippen molar-refractivity contribution in [2.24, 2.45) is 23.7 Å². The maximum Gasteiger partial charge on any atom is 0.303 e. The summed E-state index contributed by atoms with van der Waals surface area (Å²) in [6.45, 7) is 2.40. The van der Waals surface area contributed by atoms with Crippen molar-refractivity contribution in [3.63, 3.8) is 0 Å². The molecule has 0 heterocycles. The van der Waals surface area contributed by atoms with Crippen molar-refractivity contribution >= 4 is 5.97 Å². The summed E-state index contributed by atoms with van der Waals surface area (Å²) in [6, 6.07) is 0. The Bertz CT molecular complexity index is 318. The Morgan fingerprint density at radius 1 is 1.00 bits per heavy atom. The molecule has 2 aliphatic carbocycles. The molecule has 2 rings (SSSR count). The third kappa shape index (κ3) is 4.96. The number of hydrogen-bond acceptors (Lipinski definition) is 1. The number of aliphatic carboxylic acids is 1. The van der Waals surface area contributed by atoms with Crippen molar-refractivity contribution in [1.29, 1.82) is 0 Å². The molecule has 2 fully saturated rings. The van der Waals surface area contributed by atoms with Gasteiger partial charge in [-0.05, 0) is 68.6 Å². The largest absolute Gasteiger partial charge is 0.481 e. The number of allylic oxidation sites excluding steroid dienone is 2. The second kappa shape index (κ2) is 7.85. The third-order valence-electron chi connectivity index (χ3n) is 5.48. The van der Waals surface area contributed by atoms with E-state index >= 15 is 0 Å². The molecule has 2 nitrogen and oxygen atoms in total. The van der Waals surface area contributed by atoms with E-state index in [1.165, 1.54) is 51.4 Å². The van der Waals surface area contributed by atoms with Crippen LogP contribution in [0.25, 0.3) is 0 Å². The average Bonchev–Trinajstić information content (AvgIpc) is 2.45. The molecule has 2 heteroatoms. The van der Waals surface area contributed by atoms with Gasteiger partial charge in [0.25, 0.3) is 0 Å². The molecule has 20 heavy (non-hydrogen) atoms.